The number of nitrogens with zero attached hydrogens (tertiary/aromatic N) is 3. The Bertz CT molecular complexity index is 2000. The third-order valence-corrected chi connectivity index (χ3v) is 10.4. The van der Waals surface area contributed by atoms with Gasteiger partial charge in [0.25, 0.3) is 5.56 Å². The summed E-state index contributed by atoms with van der Waals surface area (Å²) in [5.74, 6) is 1.96. The van der Waals surface area contributed by atoms with Gasteiger partial charge in [0.15, 0.2) is 10.0 Å². The van der Waals surface area contributed by atoms with Gasteiger partial charge in [0.1, 0.15) is 5.76 Å². The van der Waals surface area contributed by atoms with Crippen LogP contribution in [0.15, 0.2) is 56.0 Å². The van der Waals surface area contributed by atoms with Gasteiger partial charge >= 0.3 is 10.1 Å². The summed E-state index contributed by atoms with van der Waals surface area (Å²) < 4.78 is 45.7. The van der Waals surface area contributed by atoms with Crippen LogP contribution in [0, 0.1) is 26.7 Å². The highest BCUT2D eigenvalue weighted by molar-refractivity contribution is 7.88. The van der Waals surface area contributed by atoms with Crippen LogP contribution in [0.2, 0.25) is 0 Å². The van der Waals surface area contributed by atoms with E-state index in [-0.39, 0.29) is 16.4 Å². The van der Waals surface area contributed by atoms with Gasteiger partial charge in [-0.1, -0.05) is 30.3 Å². The second-order valence-electron chi connectivity index (χ2n) is 11.5. The topological polar surface area (TPSA) is 151 Å². The van der Waals surface area contributed by atoms with Crippen LogP contribution in [0.5, 0.6) is 0 Å². The summed E-state index contributed by atoms with van der Waals surface area (Å²) in [6.07, 6.45) is 4.19. The molecule has 3 N–H and O–H groups in total. The molecule has 0 unspecified atom stereocenters. The largest absolute Gasteiger partial charge is 0.381 e. The van der Waals surface area contributed by atoms with E-state index in [9.17, 15) is 17.8 Å². The van der Waals surface area contributed by atoms with Crippen molar-refractivity contribution in [3.8, 4) is 11.1 Å². The number of ether oxygens (including phenoxy) is 1. The van der Waals surface area contributed by atoms with Crippen LogP contribution >= 0.6 is 11.3 Å². The molecule has 0 bridgehead atoms. The number of benzene rings is 1. The Hall–Kier alpha value is -3.84. The number of rotatable bonds is 9. The minimum Gasteiger partial charge on any atom is -0.381 e. The van der Waals surface area contributed by atoms with Crippen molar-refractivity contribution in [2.75, 3.05) is 12.8 Å². The number of nitrogens with two attached hydrogens (primary N) is 1. The second kappa shape index (κ2) is 13.3. The van der Waals surface area contributed by atoms with Gasteiger partial charge in [0, 0.05) is 40.3 Å². The molecule has 0 atom stereocenters. The third kappa shape index (κ3) is 7.36. The molecule has 12 heteroatoms. The number of nitrogen functional groups attached to an aromatic ring is 1. The zero-order chi connectivity index (χ0) is 32.5. The first-order valence-electron chi connectivity index (χ1n) is 14.8. The van der Waals surface area contributed by atoms with Crippen molar-refractivity contribution >= 4 is 38.2 Å². The molecule has 0 saturated heterocycles. The van der Waals surface area contributed by atoms with Gasteiger partial charge in [-0.2, -0.15) is 8.42 Å². The lowest BCUT2D eigenvalue weighted by atomic mass is 9.99. The third-order valence-electron chi connectivity index (χ3n) is 8.01. The molecular weight excluding hydrogens is 613 g/mol. The van der Waals surface area contributed by atoms with Crippen molar-refractivity contribution in [1.82, 2.24) is 14.7 Å². The van der Waals surface area contributed by atoms with E-state index >= 15 is 0 Å². The lowest BCUT2D eigenvalue weighted by Crippen LogP contribution is -2.21. The maximum Gasteiger partial charge on any atom is 0.304 e. The highest BCUT2D eigenvalue weighted by Gasteiger charge is 2.25. The first-order valence-corrected chi connectivity index (χ1v) is 17.0. The minimum atomic E-state index is -4.37. The molecule has 4 heterocycles. The summed E-state index contributed by atoms with van der Waals surface area (Å²) in [6.45, 7) is 8.19. The molecule has 10 nitrogen and oxygen atoms in total. The van der Waals surface area contributed by atoms with Crippen LogP contribution in [0.3, 0.4) is 0 Å². The molecule has 6 rings (SSSR count). The molecule has 45 heavy (non-hydrogen) atoms. The normalized spacial score (nSPS) is 13.2. The molecule has 0 radical (unpaired) electrons. The maximum absolute atomic E-state index is 13.1. The number of pyridine rings is 2. The SMILES string of the molecule is CCc1cc2c(ccc(=O)n2Cc2ccc(-c3cc(C)sc3S(=O)(=O)O)c(COC)c2)c(CC2CC2)n1.Cc1onc(N)c1C. The first kappa shape index (κ1) is 32.6. The van der Waals surface area contributed by atoms with Gasteiger partial charge in [-0.25, -0.2) is 0 Å². The van der Waals surface area contributed by atoms with E-state index in [1.807, 2.05) is 44.2 Å². The second-order valence-corrected chi connectivity index (χ2v) is 14.3. The first-order chi connectivity index (χ1) is 21.4. The maximum atomic E-state index is 13.1. The zero-order valence-corrected chi connectivity index (χ0v) is 27.7. The Labute approximate surface area is 266 Å². The van der Waals surface area contributed by atoms with Crippen LogP contribution in [0.1, 0.15) is 58.5 Å². The molecule has 1 saturated carbocycles. The molecule has 1 fully saturated rings. The fraction of sp³-hybridized carbons (Fsp3) is 0.364. The van der Waals surface area contributed by atoms with Crippen LogP contribution in [0.25, 0.3) is 22.0 Å². The fourth-order valence-electron chi connectivity index (χ4n) is 5.29. The van der Waals surface area contributed by atoms with E-state index in [1.165, 1.54) is 12.8 Å². The van der Waals surface area contributed by atoms with E-state index in [0.29, 0.717) is 29.4 Å². The van der Waals surface area contributed by atoms with Crippen molar-refractivity contribution in [3.63, 3.8) is 0 Å². The Balaban J connectivity index is 0.000000436. The number of hydrogen-bond donors (Lipinski definition) is 2. The monoisotopic (exact) mass is 650 g/mol. The van der Waals surface area contributed by atoms with Crippen molar-refractivity contribution in [2.45, 2.75) is 70.7 Å². The Kier molecular flexibility index (Phi) is 9.59. The predicted molar refractivity (Wildman–Crippen MR) is 176 cm³/mol. The number of aryl methyl sites for hydroxylation is 3. The summed E-state index contributed by atoms with van der Waals surface area (Å²) >= 11 is 1.04. The highest BCUT2D eigenvalue weighted by Crippen LogP contribution is 2.37. The van der Waals surface area contributed by atoms with Gasteiger partial charge in [0.05, 0.1) is 24.4 Å². The van der Waals surface area contributed by atoms with Crippen molar-refractivity contribution in [2.24, 2.45) is 5.92 Å². The summed E-state index contributed by atoms with van der Waals surface area (Å²) in [7, 11) is -2.79. The lowest BCUT2D eigenvalue weighted by molar-refractivity contribution is 0.185. The van der Waals surface area contributed by atoms with Crippen LogP contribution in [0.4, 0.5) is 5.82 Å². The molecule has 0 aliphatic heterocycles. The molecule has 1 aromatic carbocycles. The Morgan fingerprint density at radius 3 is 2.44 bits per heavy atom. The summed E-state index contributed by atoms with van der Waals surface area (Å²) in [5.41, 5.74) is 11.9. The summed E-state index contributed by atoms with van der Waals surface area (Å²) in [5, 5.41) is 4.54. The minimum absolute atomic E-state index is 0.0804. The zero-order valence-electron chi connectivity index (χ0n) is 26.1. The number of hydrogen-bond acceptors (Lipinski definition) is 9. The van der Waals surface area contributed by atoms with E-state index < -0.39 is 10.1 Å². The van der Waals surface area contributed by atoms with Crippen molar-refractivity contribution in [3.05, 3.63) is 91.5 Å². The predicted octanol–water partition coefficient (Wildman–Crippen LogP) is 6.26. The van der Waals surface area contributed by atoms with Gasteiger partial charge in [-0.05, 0) is 87.3 Å². The Morgan fingerprint density at radius 1 is 1.11 bits per heavy atom. The molecule has 0 spiro atoms. The smallest absolute Gasteiger partial charge is 0.304 e. The standard InChI is InChI=1S/C28H30N2O5S2.C5H8N2O/c1-4-21-14-26-23(25(29-21)13-18-5-6-18)9-10-27(31)30(26)15-19-7-8-22(20(12-19)16-35-3)24-11-17(2)36-28(24)37(32,33)34;1-3-4(2)8-7-5(3)6/h7-12,14,18H,4-6,13,15-16H2,1-3H3,(H,32,33,34);1-2H3,(H2,6,7). The van der Waals surface area contributed by atoms with Gasteiger partial charge in [-0.15, -0.1) is 11.3 Å². The number of methoxy groups -OCH3 is 1. The van der Waals surface area contributed by atoms with Crippen LogP contribution < -0.4 is 11.3 Å². The van der Waals surface area contributed by atoms with E-state index in [2.05, 4.69) is 12.1 Å². The van der Waals surface area contributed by atoms with Crippen LogP contribution in [-0.4, -0.2) is 34.8 Å². The van der Waals surface area contributed by atoms with Gasteiger partial charge < -0.3 is 19.6 Å². The summed E-state index contributed by atoms with van der Waals surface area (Å²) in [4.78, 5) is 18.7. The number of aromatic nitrogens is 3. The van der Waals surface area contributed by atoms with Gasteiger partial charge in [-0.3, -0.25) is 14.3 Å². The highest BCUT2D eigenvalue weighted by atomic mass is 32.3. The van der Waals surface area contributed by atoms with E-state index in [1.54, 1.807) is 30.7 Å². The average Bonchev–Trinajstić information content (AvgIpc) is 3.66. The van der Waals surface area contributed by atoms with E-state index in [0.717, 1.165) is 73.8 Å². The number of thiophene rings is 1. The van der Waals surface area contributed by atoms with E-state index in [4.69, 9.17) is 20.0 Å². The molecule has 1 aliphatic rings. The number of fused-ring (bicyclic) bond motifs is 1. The van der Waals surface area contributed by atoms with Crippen molar-refractivity contribution in [1.29, 1.82) is 0 Å². The average molecular weight is 651 g/mol. The molecule has 5 aromatic rings. The Morgan fingerprint density at radius 2 is 1.87 bits per heavy atom. The number of anilines is 1. The summed E-state index contributed by atoms with van der Waals surface area (Å²) in [6, 6.07) is 13.0. The molecular formula is C33H38N4O6S2. The van der Waals surface area contributed by atoms with Gasteiger partial charge in [0.2, 0.25) is 0 Å². The molecule has 238 valence electrons. The fourth-order valence-corrected chi connectivity index (χ4v) is 7.30. The molecule has 4 aromatic heterocycles. The van der Waals surface area contributed by atoms with Crippen LogP contribution in [-0.2, 0) is 40.8 Å². The quantitative estimate of drug-likeness (QED) is 0.176. The van der Waals surface area contributed by atoms with Crippen molar-refractivity contribution < 1.29 is 22.2 Å². The molecule has 0 amide bonds. The lowest BCUT2D eigenvalue weighted by Gasteiger charge is -2.16. The molecule has 1 aliphatic carbocycles.